The Morgan fingerprint density at radius 1 is 1.38 bits per heavy atom. The minimum Gasteiger partial charge on any atom is -0.486 e. The quantitative estimate of drug-likeness (QED) is 0.868. The molecule has 1 amide bonds. The third kappa shape index (κ3) is 3.88. The summed E-state index contributed by atoms with van der Waals surface area (Å²) in [5, 5.41) is 0. The highest BCUT2D eigenvalue weighted by Crippen LogP contribution is 2.31. The minimum atomic E-state index is -0.424. The van der Waals surface area contributed by atoms with Crippen LogP contribution in [-0.4, -0.2) is 42.6 Å². The van der Waals surface area contributed by atoms with Crippen molar-refractivity contribution in [2.45, 2.75) is 38.8 Å². The molecule has 1 aromatic carbocycles. The molecule has 2 unspecified atom stereocenters. The molecule has 0 aliphatic carbocycles. The summed E-state index contributed by atoms with van der Waals surface area (Å²) >= 11 is 0. The second-order valence-electron chi connectivity index (χ2n) is 5.27. The molecule has 116 valence electrons. The summed E-state index contributed by atoms with van der Waals surface area (Å²) in [6, 6.07) is 7.15. The number of nitrogens with two attached hydrogens (primary N) is 1. The Hall–Kier alpha value is -1.75. The van der Waals surface area contributed by atoms with Gasteiger partial charge in [0.15, 0.2) is 17.6 Å². The Balaban J connectivity index is 1.95. The molecule has 2 atom stereocenters. The first-order chi connectivity index (χ1) is 10.2. The highest BCUT2D eigenvalue weighted by Gasteiger charge is 2.26. The molecule has 2 rings (SSSR count). The second kappa shape index (κ2) is 7.31. The minimum absolute atomic E-state index is 0.0122. The Morgan fingerprint density at radius 2 is 2.10 bits per heavy atom. The fourth-order valence-electron chi connectivity index (χ4n) is 2.44. The molecule has 0 saturated carbocycles. The van der Waals surface area contributed by atoms with Gasteiger partial charge in [0.05, 0.1) is 12.6 Å². The van der Waals surface area contributed by atoms with Crippen LogP contribution in [0.4, 0.5) is 0 Å². The smallest absolute Gasteiger partial charge is 0.239 e. The molecule has 0 aromatic heterocycles. The number of rotatable bonds is 6. The van der Waals surface area contributed by atoms with Gasteiger partial charge in [0.25, 0.3) is 0 Å². The number of likely N-dealkylation sites (N-methyl/N-ethyl adjacent to an activating group) is 1. The molecular weight excluding hydrogens is 268 g/mol. The van der Waals surface area contributed by atoms with Gasteiger partial charge in [-0.05, 0) is 25.5 Å². The van der Waals surface area contributed by atoms with Gasteiger partial charge in [-0.2, -0.15) is 0 Å². The van der Waals surface area contributed by atoms with Crippen molar-refractivity contribution >= 4 is 5.91 Å². The normalized spacial score (nSPS) is 18.1. The first-order valence-corrected chi connectivity index (χ1v) is 7.58. The zero-order valence-corrected chi connectivity index (χ0v) is 12.7. The Kier molecular flexibility index (Phi) is 5.44. The van der Waals surface area contributed by atoms with E-state index in [1.165, 1.54) is 0 Å². The lowest BCUT2D eigenvalue weighted by molar-refractivity contribution is -0.134. The summed E-state index contributed by atoms with van der Waals surface area (Å²) in [6.45, 7) is 5.55. The van der Waals surface area contributed by atoms with Crippen LogP contribution < -0.4 is 15.2 Å². The van der Waals surface area contributed by atoms with E-state index in [2.05, 4.69) is 0 Å². The number of ether oxygens (including phenoxy) is 2. The molecule has 0 bridgehead atoms. The molecule has 1 aromatic rings. The first kappa shape index (κ1) is 15.6. The molecule has 5 heteroatoms. The van der Waals surface area contributed by atoms with Crippen LogP contribution in [0.15, 0.2) is 24.3 Å². The average Bonchev–Trinajstić information content (AvgIpc) is 2.52. The van der Waals surface area contributed by atoms with Crippen molar-refractivity contribution < 1.29 is 14.3 Å². The van der Waals surface area contributed by atoms with Crippen LogP contribution in [0.25, 0.3) is 0 Å². The van der Waals surface area contributed by atoms with Crippen LogP contribution in [0.5, 0.6) is 11.5 Å². The number of amides is 1. The number of hydrogen-bond donors (Lipinski definition) is 1. The third-order valence-electron chi connectivity index (χ3n) is 3.60. The van der Waals surface area contributed by atoms with Crippen molar-refractivity contribution in [3.63, 3.8) is 0 Å². The van der Waals surface area contributed by atoms with Gasteiger partial charge >= 0.3 is 0 Å². The zero-order valence-electron chi connectivity index (χ0n) is 12.7. The third-order valence-corrected chi connectivity index (χ3v) is 3.60. The number of fused-ring (bicyclic) bond motifs is 1. The van der Waals surface area contributed by atoms with Gasteiger partial charge in [-0.1, -0.05) is 25.5 Å². The maximum atomic E-state index is 12.3. The molecule has 1 aliphatic heterocycles. The summed E-state index contributed by atoms with van der Waals surface area (Å²) in [5.41, 5.74) is 5.92. The van der Waals surface area contributed by atoms with Gasteiger partial charge in [-0.3, -0.25) is 4.79 Å². The van der Waals surface area contributed by atoms with E-state index >= 15 is 0 Å². The van der Waals surface area contributed by atoms with E-state index < -0.39 is 6.04 Å². The molecule has 0 spiro atoms. The van der Waals surface area contributed by atoms with E-state index in [0.717, 1.165) is 17.9 Å². The molecular formula is C16H24N2O3. The highest BCUT2D eigenvalue weighted by molar-refractivity contribution is 5.81. The second-order valence-corrected chi connectivity index (χ2v) is 5.27. The van der Waals surface area contributed by atoms with E-state index in [9.17, 15) is 4.79 Å². The fourth-order valence-corrected chi connectivity index (χ4v) is 2.44. The molecule has 0 radical (unpaired) electrons. The molecule has 0 saturated heterocycles. The lowest BCUT2D eigenvalue weighted by Gasteiger charge is -2.32. The van der Waals surface area contributed by atoms with Crippen LogP contribution in [-0.2, 0) is 4.79 Å². The standard InChI is InChI=1S/C16H24N2O3/c1-3-7-13(17)16(19)18(4-2)10-12-11-20-14-8-5-6-9-15(14)21-12/h5-6,8-9,12-13H,3-4,7,10-11,17H2,1-2H3. The molecule has 0 fully saturated rings. The number of nitrogens with zero attached hydrogens (tertiary/aromatic N) is 1. The number of carbonyl (C=O) groups is 1. The van der Waals surface area contributed by atoms with Crippen molar-refractivity contribution in [1.82, 2.24) is 4.90 Å². The van der Waals surface area contributed by atoms with Crippen molar-refractivity contribution in [2.24, 2.45) is 5.73 Å². The van der Waals surface area contributed by atoms with Crippen molar-refractivity contribution in [1.29, 1.82) is 0 Å². The summed E-state index contributed by atoms with van der Waals surface area (Å²) < 4.78 is 11.6. The SMILES string of the molecule is CCCC(N)C(=O)N(CC)CC1COc2ccccc2O1. The average molecular weight is 292 g/mol. The number of hydrogen-bond acceptors (Lipinski definition) is 4. The van der Waals surface area contributed by atoms with Crippen molar-refractivity contribution in [3.05, 3.63) is 24.3 Å². The number of benzene rings is 1. The molecule has 2 N–H and O–H groups in total. The van der Waals surface area contributed by atoms with E-state index in [0.29, 0.717) is 26.1 Å². The highest BCUT2D eigenvalue weighted by atomic mass is 16.6. The van der Waals surface area contributed by atoms with Gasteiger partial charge in [0.2, 0.25) is 5.91 Å². The van der Waals surface area contributed by atoms with E-state index in [4.69, 9.17) is 15.2 Å². The molecule has 21 heavy (non-hydrogen) atoms. The van der Waals surface area contributed by atoms with Gasteiger partial charge in [0, 0.05) is 6.54 Å². The van der Waals surface area contributed by atoms with E-state index in [1.807, 2.05) is 38.1 Å². The van der Waals surface area contributed by atoms with Crippen LogP contribution in [0, 0.1) is 0 Å². The zero-order chi connectivity index (χ0) is 15.2. The Bertz CT molecular complexity index is 478. The largest absolute Gasteiger partial charge is 0.486 e. The maximum absolute atomic E-state index is 12.3. The van der Waals surface area contributed by atoms with Gasteiger partial charge < -0.3 is 20.1 Å². The summed E-state index contributed by atoms with van der Waals surface area (Å²) in [4.78, 5) is 14.0. The molecule has 1 heterocycles. The van der Waals surface area contributed by atoms with Gasteiger partial charge in [-0.15, -0.1) is 0 Å². The fraction of sp³-hybridized carbons (Fsp3) is 0.562. The van der Waals surface area contributed by atoms with Crippen LogP contribution in [0.2, 0.25) is 0 Å². The maximum Gasteiger partial charge on any atom is 0.239 e. The summed E-state index contributed by atoms with van der Waals surface area (Å²) in [6.07, 6.45) is 1.46. The first-order valence-electron chi connectivity index (χ1n) is 7.58. The topological polar surface area (TPSA) is 64.8 Å². The lowest BCUT2D eigenvalue weighted by Crippen LogP contribution is -2.49. The Labute approximate surface area is 126 Å². The van der Waals surface area contributed by atoms with Crippen LogP contribution in [0.3, 0.4) is 0 Å². The van der Waals surface area contributed by atoms with E-state index in [-0.39, 0.29) is 12.0 Å². The van der Waals surface area contributed by atoms with Crippen molar-refractivity contribution in [2.75, 3.05) is 19.7 Å². The lowest BCUT2D eigenvalue weighted by atomic mass is 10.1. The van der Waals surface area contributed by atoms with Gasteiger partial charge in [-0.25, -0.2) is 0 Å². The predicted octanol–water partition coefficient (Wildman–Crippen LogP) is 1.80. The van der Waals surface area contributed by atoms with Gasteiger partial charge in [0.1, 0.15) is 6.61 Å². The summed E-state index contributed by atoms with van der Waals surface area (Å²) in [5.74, 6) is 1.47. The molecule has 1 aliphatic rings. The predicted molar refractivity (Wildman–Crippen MR) is 81.5 cm³/mol. The number of carbonyl (C=O) groups excluding carboxylic acids is 1. The van der Waals surface area contributed by atoms with E-state index in [1.54, 1.807) is 4.90 Å². The Morgan fingerprint density at radius 3 is 2.76 bits per heavy atom. The van der Waals surface area contributed by atoms with Crippen LogP contribution >= 0.6 is 0 Å². The monoisotopic (exact) mass is 292 g/mol. The molecule has 5 nitrogen and oxygen atoms in total. The van der Waals surface area contributed by atoms with Crippen LogP contribution in [0.1, 0.15) is 26.7 Å². The number of para-hydroxylation sites is 2. The van der Waals surface area contributed by atoms with Crippen molar-refractivity contribution in [3.8, 4) is 11.5 Å². The summed E-state index contributed by atoms with van der Waals surface area (Å²) in [7, 11) is 0.